The van der Waals surface area contributed by atoms with Crippen LogP contribution in [-0.4, -0.2) is 41.7 Å². The first kappa shape index (κ1) is 27.3. The van der Waals surface area contributed by atoms with Crippen molar-refractivity contribution in [2.75, 3.05) is 31.7 Å². The van der Waals surface area contributed by atoms with E-state index in [4.69, 9.17) is 14.2 Å². The smallest absolute Gasteiger partial charge is 0.264 e. The Morgan fingerprint density at radius 1 is 0.972 bits per heavy atom. The number of rotatable bonds is 11. The van der Waals surface area contributed by atoms with Gasteiger partial charge in [0.15, 0.2) is 11.5 Å². The summed E-state index contributed by atoms with van der Waals surface area (Å²) in [7, 11) is -0.957. The van der Waals surface area contributed by atoms with Gasteiger partial charge < -0.3 is 19.5 Å². The fourth-order valence-electron chi connectivity index (χ4n) is 3.55. The first-order valence-electron chi connectivity index (χ1n) is 11.2. The third-order valence-corrected chi connectivity index (χ3v) is 7.73. The van der Waals surface area contributed by atoms with E-state index in [1.807, 2.05) is 19.9 Å². The van der Waals surface area contributed by atoms with Gasteiger partial charge >= 0.3 is 0 Å². The van der Waals surface area contributed by atoms with E-state index in [-0.39, 0.29) is 4.90 Å². The van der Waals surface area contributed by atoms with Crippen LogP contribution >= 0.6 is 15.9 Å². The molecule has 3 aromatic carbocycles. The maximum absolute atomic E-state index is 13.6. The molecule has 36 heavy (non-hydrogen) atoms. The molecule has 0 unspecified atom stereocenters. The van der Waals surface area contributed by atoms with Gasteiger partial charge in [-0.15, -0.1) is 0 Å². The largest absolute Gasteiger partial charge is 0.494 e. The van der Waals surface area contributed by atoms with Crippen LogP contribution in [0.4, 0.5) is 5.69 Å². The summed E-state index contributed by atoms with van der Waals surface area (Å²) in [5, 5.41) is 2.88. The number of carbonyl (C=O) groups excluding carboxylic acids is 1. The van der Waals surface area contributed by atoms with Gasteiger partial charge in [-0.3, -0.25) is 9.10 Å². The molecule has 1 atom stereocenters. The lowest BCUT2D eigenvalue weighted by Gasteiger charge is -2.25. The minimum atomic E-state index is -4.04. The molecule has 3 rings (SSSR count). The molecule has 8 nitrogen and oxygen atoms in total. The van der Waals surface area contributed by atoms with Crippen molar-refractivity contribution >= 4 is 37.5 Å². The summed E-state index contributed by atoms with van der Waals surface area (Å²) in [5.74, 6) is 1.24. The predicted octanol–water partition coefficient (Wildman–Crippen LogP) is 4.94. The number of sulfonamides is 1. The molecule has 0 saturated carbocycles. The zero-order valence-corrected chi connectivity index (χ0v) is 22.9. The molecule has 0 saturated heterocycles. The van der Waals surface area contributed by atoms with Crippen LogP contribution in [0.3, 0.4) is 0 Å². The maximum Gasteiger partial charge on any atom is 0.264 e. The summed E-state index contributed by atoms with van der Waals surface area (Å²) in [6.07, 6.45) is 0. The number of ether oxygens (including phenoxy) is 3. The summed E-state index contributed by atoms with van der Waals surface area (Å²) in [6.45, 7) is 3.74. The third kappa shape index (κ3) is 6.50. The van der Waals surface area contributed by atoms with Crippen LogP contribution in [0.1, 0.15) is 25.5 Å². The van der Waals surface area contributed by atoms with E-state index in [9.17, 15) is 13.2 Å². The van der Waals surface area contributed by atoms with Crippen molar-refractivity contribution in [1.29, 1.82) is 0 Å². The molecule has 1 amide bonds. The van der Waals surface area contributed by atoms with Gasteiger partial charge in [-0.1, -0.05) is 22.0 Å². The summed E-state index contributed by atoms with van der Waals surface area (Å²) < 4.78 is 45.1. The first-order chi connectivity index (χ1) is 17.2. The number of nitrogens with one attached hydrogen (secondary N) is 1. The summed E-state index contributed by atoms with van der Waals surface area (Å²) in [5.41, 5.74) is 1.12. The average Bonchev–Trinajstić information content (AvgIpc) is 2.87. The van der Waals surface area contributed by atoms with Crippen molar-refractivity contribution in [2.24, 2.45) is 0 Å². The Bertz CT molecular complexity index is 1280. The van der Waals surface area contributed by atoms with Crippen LogP contribution in [0.25, 0.3) is 0 Å². The summed E-state index contributed by atoms with van der Waals surface area (Å²) in [4.78, 5) is 13.2. The highest BCUT2D eigenvalue weighted by molar-refractivity contribution is 9.10. The van der Waals surface area contributed by atoms with Gasteiger partial charge in [0, 0.05) is 4.47 Å². The van der Waals surface area contributed by atoms with Crippen molar-refractivity contribution in [3.8, 4) is 17.2 Å². The van der Waals surface area contributed by atoms with E-state index in [0.29, 0.717) is 29.5 Å². The van der Waals surface area contributed by atoms with Crippen LogP contribution < -0.4 is 23.8 Å². The molecule has 3 aromatic rings. The lowest BCUT2D eigenvalue weighted by atomic mass is 10.1. The zero-order valence-electron chi connectivity index (χ0n) is 20.5. The Balaban J connectivity index is 1.88. The fraction of sp³-hybridized carbons (Fsp3) is 0.269. The van der Waals surface area contributed by atoms with Crippen LogP contribution in [-0.2, 0) is 14.8 Å². The van der Waals surface area contributed by atoms with Gasteiger partial charge in [-0.05, 0) is 80.1 Å². The number of carbonyl (C=O) groups is 1. The minimum Gasteiger partial charge on any atom is -0.494 e. The molecule has 0 heterocycles. The third-order valence-electron chi connectivity index (χ3n) is 5.41. The van der Waals surface area contributed by atoms with Crippen molar-refractivity contribution < 1.29 is 27.4 Å². The molecule has 192 valence electrons. The van der Waals surface area contributed by atoms with Crippen LogP contribution in [0, 0.1) is 0 Å². The minimum absolute atomic E-state index is 0.0697. The standard InChI is InChI=1S/C26H29BrN2O6S/c1-5-35-22-11-9-21(10-12-22)29(36(31,32)23-13-7-20(27)8-14-23)17-26(30)28-18(2)19-6-15-24(33-3)25(16-19)34-4/h6-16,18H,5,17H2,1-4H3,(H,28,30)/t18-/m1/s1. The maximum atomic E-state index is 13.6. The number of benzene rings is 3. The predicted molar refractivity (Wildman–Crippen MR) is 142 cm³/mol. The molecule has 0 radical (unpaired) electrons. The van der Waals surface area contributed by atoms with Crippen LogP contribution in [0.2, 0.25) is 0 Å². The molecule has 0 spiro atoms. The van der Waals surface area contributed by atoms with Crippen molar-refractivity contribution in [3.63, 3.8) is 0 Å². The molecular weight excluding hydrogens is 548 g/mol. The van der Waals surface area contributed by atoms with Crippen molar-refractivity contribution in [1.82, 2.24) is 5.32 Å². The van der Waals surface area contributed by atoms with E-state index < -0.39 is 28.5 Å². The van der Waals surface area contributed by atoms with Crippen LogP contribution in [0.5, 0.6) is 17.2 Å². The lowest BCUT2D eigenvalue weighted by Crippen LogP contribution is -2.41. The number of amides is 1. The van der Waals surface area contributed by atoms with E-state index in [2.05, 4.69) is 21.2 Å². The Labute approximate surface area is 220 Å². The SMILES string of the molecule is CCOc1ccc(N(CC(=O)N[C@H](C)c2ccc(OC)c(OC)c2)S(=O)(=O)c2ccc(Br)cc2)cc1. The number of anilines is 1. The molecule has 0 aliphatic carbocycles. The van der Waals surface area contributed by atoms with Crippen molar-refractivity contribution in [3.05, 3.63) is 76.8 Å². The molecular formula is C26H29BrN2O6S. The lowest BCUT2D eigenvalue weighted by molar-refractivity contribution is -0.120. The molecule has 0 bridgehead atoms. The number of hydrogen-bond donors (Lipinski definition) is 1. The number of nitrogens with zero attached hydrogens (tertiary/aromatic N) is 1. The van der Waals surface area contributed by atoms with Crippen molar-refractivity contribution in [2.45, 2.75) is 24.8 Å². The molecule has 0 aromatic heterocycles. The van der Waals surface area contributed by atoms with E-state index >= 15 is 0 Å². The second-order valence-electron chi connectivity index (χ2n) is 7.80. The van der Waals surface area contributed by atoms with Gasteiger partial charge in [0.1, 0.15) is 12.3 Å². The molecule has 1 N–H and O–H groups in total. The Morgan fingerprint density at radius 3 is 2.19 bits per heavy atom. The van der Waals surface area contributed by atoms with E-state index in [1.165, 1.54) is 19.2 Å². The molecule has 10 heteroatoms. The Morgan fingerprint density at radius 2 is 1.61 bits per heavy atom. The molecule has 0 aliphatic rings. The molecule has 0 aliphatic heterocycles. The highest BCUT2D eigenvalue weighted by Gasteiger charge is 2.28. The van der Waals surface area contributed by atoms with Gasteiger partial charge in [-0.25, -0.2) is 8.42 Å². The number of halogens is 1. The zero-order chi connectivity index (χ0) is 26.3. The van der Waals surface area contributed by atoms with E-state index in [1.54, 1.807) is 55.6 Å². The highest BCUT2D eigenvalue weighted by atomic mass is 79.9. The first-order valence-corrected chi connectivity index (χ1v) is 13.4. The average molecular weight is 577 g/mol. The topological polar surface area (TPSA) is 94.2 Å². The number of methoxy groups -OCH3 is 2. The normalized spacial score (nSPS) is 11.9. The van der Waals surface area contributed by atoms with Crippen LogP contribution in [0.15, 0.2) is 76.1 Å². The Kier molecular flexibility index (Phi) is 9.22. The monoisotopic (exact) mass is 576 g/mol. The van der Waals surface area contributed by atoms with Gasteiger partial charge in [-0.2, -0.15) is 0 Å². The second-order valence-corrected chi connectivity index (χ2v) is 10.6. The molecule has 0 fully saturated rings. The number of hydrogen-bond acceptors (Lipinski definition) is 6. The van der Waals surface area contributed by atoms with E-state index in [0.717, 1.165) is 14.3 Å². The summed E-state index contributed by atoms with van der Waals surface area (Å²) >= 11 is 3.32. The quantitative estimate of drug-likeness (QED) is 0.347. The van der Waals surface area contributed by atoms with Gasteiger partial charge in [0.2, 0.25) is 5.91 Å². The van der Waals surface area contributed by atoms with Gasteiger partial charge in [0.25, 0.3) is 10.0 Å². The highest BCUT2D eigenvalue weighted by Crippen LogP contribution is 2.30. The van der Waals surface area contributed by atoms with Gasteiger partial charge in [0.05, 0.1) is 37.5 Å². The summed E-state index contributed by atoms with van der Waals surface area (Å²) in [6, 6.07) is 17.8. The Hall–Kier alpha value is -3.24. The second kappa shape index (κ2) is 12.1. The fourth-order valence-corrected chi connectivity index (χ4v) is 5.23.